The van der Waals surface area contributed by atoms with E-state index in [0.717, 1.165) is 12.2 Å². The van der Waals surface area contributed by atoms with Crippen LogP contribution < -0.4 is 10.6 Å². The van der Waals surface area contributed by atoms with Crippen molar-refractivity contribution in [3.05, 3.63) is 60.2 Å². The van der Waals surface area contributed by atoms with E-state index in [1.807, 2.05) is 12.1 Å². The van der Waals surface area contributed by atoms with Gasteiger partial charge in [-0.3, -0.25) is 0 Å². The van der Waals surface area contributed by atoms with Crippen LogP contribution in [-0.4, -0.2) is 13.6 Å². The molecule has 2 aromatic rings. The molecule has 98 valence electrons. The van der Waals surface area contributed by atoms with Crippen LogP contribution in [-0.2, 0) is 5.41 Å². The van der Waals surface area contributed by atoms with Crippen LogP contribution >= 0.6 is 0 Å². The van der Waals surface area contributed by atoms with Crippen LogP contribution in [0, 0.1) is 0 Å². The fourth-order valence-corrected chi connectivity index (χ4v) is 2.75. The van der Waals surface area contributed by atoms with E-state index in [1.165, 1.54) is 24.1 Å². The Bertz CT molecular complexity index is 541. The van der Waals surface area contributed by atoms with Gasteiger partial charge in [-0.15, -0.1) is 0 Å². The molecule has 2 heteroatoms. The summed E-state index contributed by atoms with van der Waals surface area (Å²) in [6.45, 7) is 1.07. The first-order valence-corrected chi connectivity index (χ1v) is 6.82. The van der Waals surface area contributed by atoms with Gasteiger partial charge in [0.1, 0.15) is 0 Å². The van der Waals surface area contributed by atoms with Gasteiger partial charge in [-0.1, -0.05) is 30.3 Å². The molecule has 2 nitrogen and oxygen atoms in total. The van der Waals surface area contributed by atoms with Crippen molar-refractivity contribution in [3.8, 4) is 0 Å². The molecule has 0 aromatic heterocycles. The second kappa shape index (κ2) is 4.61. The second-order valence-electron chi connectivity index (χ2n) is 5.59. The van der Waals surface area contributed by atoms with Gasteiger partial charge in [0.15, 0.2) is 0 Å². The molecule has 0 unspecified atom stereocenters. The Balaban J connectivity index is 1.77. The van der Waals surface area contributed by atoms with Gasteiger partial charge in [0.05, 0.1) is 0 Å². The monoisotopic (exact) mass is 252 g/mol. The standard InChI is InChI=1S/C17H20N2/c1-19(16-5-3-2-4-6-16)13-17(11-12-17)14-7-9-15(18)10-8-14/h2-10H,11-13,18H2,1H3. The summed E-state index contributed by atoms with van der Waals surface area (Å²) in [5.41, 5.74) is 9.65. The van der Waals surface area contributed by atoms with E-state index in [2.05, 4.69) is 54.4 Å². The molecule has 3 rings (SSSR count). The lowest BCUT2D eigenvalue weighted by Crippen LogP contribution is -2.29. The van der Waals surface area contributed by atoms with Crippen molar-refractivity contribution in [2.24, 2.45) is 0 Å². The van der Waals surface area contributed by atoms with Gasteiger partial charge in [-0.25, -0.2) is 0 Å². The average Bonchev–Trinajstić information content (AvgIpc) is 3.21. The van der Waals surface area contributed by atoms with Gasteiger partial charge in [-0.05, 0) is 42.7 Å². The number of nitrogen functional groups attached to an aromatic ring is 1. The summed E-state index contributed by atoms with van der Waals surface area (Å²) in [6.07, 6.45) is 2.54. The average molecular weight is 252 g/mol. The Morgan fingerprint density at radius 1 is 1.00 bits per heavy atom. The van der Waals surface area contributed by atoms with Crippen molar-refractivity contribution < 1.29 is 0 Å². The third kappa shape index (κ3) is 2.43. The highest BCUT2D eigenvalue weighted by molar-refractivity contribution is 5.49. The fourth-order valence-electron chi connectivity index (χ4n) is 2.75. The van der Waals surface area contributed by atoms with Gasteiger partial charge >= 0.3 is 0 Å². The number of nitrogens with two attached hydrogens (primary N) is 1. The Morgan fingerprint density at radius 2 is 1.63 bits per heavy atom. The summed E-state index contributed by atoms with van der Waals surface area (Å²) >= 11 is 0. The maximum absolute atomic E-state index is 5.77. The zero-order chi connectivity index (χ0) is 13.3. The minimum Gasteiger partial charge on any atom is -0.399 e. The predicted octanol–water partition coefficient (Wildman–Crippen LogP) is 3.44. The van der Waals surface area contributed by atoms with Crippen LogP contribution in [0.3, 0.4) is 0 Å². The van der Waals surface area contributed by atoms with Crippen molar-refractivity contribution in [3.63, 3.8) is 0 Å². The van der Waals surface area contributed by atoms with Crippen LogP contribution in [0.4, 0.5) is 11.4 Å². The van der Waals surface area contributed by atoms with E-state index in [9.17, 15) is 0 Å². The SMILES string of the molecule is CN(CC1(c2ccc(N)cc2)CC1)c1ccccc1. The summed E-state index contributed by atoms with van der Waals surface area (Å²) in [6, 6.07) is 19.0. The zero-order valence-electron chi connectivity index (χ0n) is 11.3. The van der Waals surface area contributed by atoms with E-state index in [-0.39, 0.29) is 0 Å². The zero-order valence-corrected chi connectivity index (χ0v) is 11.3. The molecule has 0 atom stereocenters. The van der Waals surface area contributed by atoms with Gasteiger partial charge in [0.2, 0.25) is 0 Å². The van der Waals surface area contributed by atoms with Crippen LogP contribution in [0.5, 0.6) is 0 Å². The second-order valence-corrected chi connectivity index (χ2v) is 5.59. The summed E-state index contributed by atoms with van der Waals surface area (Å²) in [4.78, 5) is 2.35. The number of hydrogen-bond acceptors (Lipinski definition) is 2. The van der Waals surface area contributed by atoms with E-state index >= 15 is 0 Å². The topological polar surface area (TPSA) is 29.3 Å². The van der Waals surface area contributed by atoms with Crippen molar-refractivity contribution in [2.75, 3.05) is 24.2 Å². The van der Waals surface area contributed by atoms with Crippen LogP contribution in [0.25, 0.3) is 0 Å². The van der Waals surface area contributed by atoms with Gasteiger partial charge < -0.3 is 10.6 Å². The maximum atomic E-state index is 5.77. The molecule has 1 aliphatic carbocycles. The molecule has 1 fully saturated rings. The third-order valence-electron chi connectivity index (χ3n) is 4.11. The minimum absolute atomic E-state index is 0.332. The first-order valence-electron chi connectivity index (χ1n) is 6.82. The van der Waals surface area contributed by atoms with Gasteiger partial charge in [0, 0.05) is 30.4 Å². The number of nitrogens with zero attached hydrogens (tertiary/aromatic N) is 1. The van der Waals surface area contributed by atoms with E-state index in [4.69, 9.17) is 5.73 Å². The number of para-hydroxylation sites is 1. The summed E-state index contributed by atoms with van der Waals surface area (Å²) in [5, 5.41) is 0. The van der Waals surface area contributed by atoms with Crippen LogP contribution in [0.1, 0.15) is 18.4 Å². The molecule has 0 aliphatic heterocycles. The molecule has 2 aromatic carbocycles. The lowest BCUT2D eigenvalue weighted by Gasteiger charge is -2.26. The maximum Gasteiger partial charge on any atom is 0.0363 e. The van der Waals surface area contributed by atoms with Crippen molar-refractivity contribution in [1.29, 1.82) is 0 Å². The number of anilines is 2. The van der Waals surface area contributed by atoms with E-state index in [1.54, 1.807) is 0 Å². The molecule has 0 saturated heterocycles. The first-order chi connectivity index (χ1) is 9.20. The molecule has 0 spiro atoms. The molecule has 1 saturated carbocycles. The molecule has 0 heterocycles. The normalized spacial score (nSPS) is 16.1. The van der Waals surface area contributed by atoms with Gasteiger partial charge in [0.25, 0.3) is 0 Å². The minimum atomic E-state index is 0.332. The molecule has 0 bridgehead atoms. The molecule has 0 radical (unpaired) electrons. The lowest BCUT2D eigenvalue weighted by molar-refractivity contribution is 0.673. The number of likely N-dealkylation sites (N-methyl/N-ethyl adjacent to an activating group) is 1. The smallest absolute Gasteiger partial charge is 0.0363 e. The highest BCUT2D eigenvalue weighted by Crippen LogP contribution is 2.49. The molecule has 0 amide bonds. The fraction of sp³-hybridized carbons (Fsp3) is 0.294. The van der Waals surface area contributed by atoms with Crippen molar-refractivity contribution >= 4 is 11.4 Å². The Hall–Kier alpha value is -1.96. The Kier molecular flexibility index (Phi) is 2.94. The van der Waals surface area contributed by atoms with E-state index in [0.29, 0.717) is 5.41 Å². The first kappa shape index (κ1) is 12.1. The summed E-state index contributed by atoms with van der Waals surface area (Å²) in [7, 11) is 2.17. The Labute approximate surface area is 114 Å². The quantitative estimate of drug-likeness (QED) is 0.845. The number of hydrogen-bond donors (Lipinski definition) is 1. The van der Waals surface area contributed by atoms with Crippen LogP contribution in [0.15, 0.2) is 54.6 Å². The lowest BCUT2D eigenvalue weighted by atomic mass is 9.95. The summed E-state index contributed by atoms with van der Waals surface area (Å²) in [5.74, 6) is 0. The van der Waals surface area contributed by atoms with E-state index < -0.39 is 0 Å². The third-order valence-corrected chi connectivity index (χ3v) is 4.11. The van der Waals surface area contributed by atoms with Crippen LogP contribution in [0.2, 0.25) is 0 Å². The molecule has 19 heavy (non-hydrogen) atoms. The van der Waals surface area contributed by atoms with Crippen molar-refractivity contribution in [1.82, 2.24) is 0 Å². The van der Waals surface area contributed by atoms with Crippen molar-refractivity contribution in [2.45, 2.75) is 18.3 Å². The molecular weight excluding hydrogens is 232 g/mol. The molecular formula is C17H20N2. The number of rotatable bonds is 4. The largest absolute Gasteiger partial charge is 0.399 e. The Morgan fingerprint density at radius 3 is 2.21 bits per heavy atom. The highest BCUT2D eigenvalue weighted by atomic mass is 15.1. The van der Waals surface area contributed by atoms with Gasteiger partial charge in [-0.2, -0.15) is 0 Å². The highest BCUT2D eigenvalue weighted by Gasteiger charge is 2.44. The predicted molar refractivity (Wildman–Crippen MR) is 81.5 cm³/mol. The molecule has 2 N–H and O–H groups in total. The molecule has 1 aliphatic rings. The summed E-state index contributed by atoms with van der Waals surface area (Å²) < 4.78 is 0. The number of benzene rings is 2.